The maximum Gasteiger partial charge on any atom is 0.144 e. The van der Waals surface area contributed by atoms with Crippen molar-refractivity contribution < 1.29 is 8.53 Å². The minimum absolute atomic E-state index is 0.173. The summed E-state index contributed by atoms with van der Waals surface area (Å²) in [4.78, 5) is 4.60. The number of pyridine rings is 1. The van der Waals surface area contributed by atoms with Crippen molar-refractivity contribution in [3.8, 4) is 22.4 Å². The number of rotatable bonds is 4. The molecule has 0 spiro atoms. The average Bonchev–Trinajstić information content (AvgIpc) is 3.31. The van der Waals surface area contributed by atoms with E-state index < -0.39 is 6.85 Å². The zero-order valence-electron chi connectivity index (χ0n) is 22.7. The molecule has 0 atom stereocenters. The van der Waals surface area contributed by atoms with Gasteiger partial charge in [-0.15, -0.1) is 0 Å². The summed E-state index contributed by atoms with van der Waals surface area (Å²) in [7, 11) is 0. The summed E-state index contributed by atoms with van der Waals surface area (Å²) in [5.74, 6) is 0. The monoisotopic (exact) mass is 456 g/mol. The SMILES string of the molecule is [2H]C([2H])([2H])c1cnc(-c2cccc3c2oc2ccc(C(C)(C)c4ccccc4)cc23)cc1-c1ccccc1. The maximum atomic E-state index is 8.05. The molecule has 6 rings (SSSR count). The fourth-order valence-electron chi connectivity index (χ4n) is 4.87. The molecule has 4 aromatic carbocycles. The number of aryl methyl sites for hydroxylation is 1. The fraction of sp³-hybridized carbons (Fsp3) is 0.121. The van der Waals surface area contributed by atoms with Crippen molar-refractivity contribution in [1.29, 1.82) is 0 Å². The standard InChI is InChI=1S/C33H27NO/c1-22-21-34-30(20-28(22)23-11-6-4-7-12-23)27-16-10-15-26-29-19-25(17-18-31(29)35-32(26)27)33(2,3)24-13-8-5-9-14-24/h4-21H,1-3H3/i1D3. The van der Waals surface area contributed by atoms with E-state index >= 15 is 0 Å². The van der Waals surface area contributed by atoms with E-state index in [-0.39, 0.29) is 11.0 Å². The molecule has 2 nitrogen and oxygen atoms in total. The van der Waals surface area contributed by atoms with Crippen LogP contribution in [0.4, 0.5) is 0 Å². The molecule has 0 N–H and O–H groups in total. The highest BCUT2D eigenvalue weighted by atomic mass is 16.3. The Labute approximate surface area is 210 Å². The first-order valence-electron chi connectivity index (χ1n) is 13.3. The minimum Gasteiger partial charge on any atom is -0.455 e. The molecule has 0 bridgehead atoms. The molecule has 0 aliphatic heterocycles. The molecular weight excluding hydrogens is 426 g/mol. The van der Waals surface area contributed by atoms with Crippen LogP contribution in [-0.4, -0.2) is 4.98 Å². The predicted octanol–water partition coefficient (Wildman–Crippen LogP) is 8.95. The van der Waals surface area contributed by atoms with Crippen LogP contribution in [0.15, 0.2) is 114 Å². The Morgan fingerprint density at radius 2 is 1.49 bits per heavy atom. The zero-order valence-corrected chi connectivity index (χ0v) is 19.7. The lowest BCUT2D eigenvalue weighted by molar-refractivity contribution is 0.639. The fourth-order valence-corrected chi connectivity index (χ4v) is 4.87. The average molecular weight is 457 g/mol. The lowest BCUT2D eigenvalue weighted by atomic mass is 9.78. The van der Waals surface area contributed by atoms with Crippen molar-refractivity contribution in [2.75, 3.05) is 0 Å². The van der Waals surface area contributed by atoms with Crippen molar-refractivity contribution in [2.45, 2.75) is 26.1 Å². The largest absolute Gasteiger partial charge is 0.455 e. The Morgan fingerprint density at radius 3 is 2.26 bits per heavy atom. The van der Waals surface area contributed by atoms with Gasteiger partial charge in [0.2, 0.25) is 0 Å². The summed E-state index contributed by atoms with van der Waals surface area (Å²) in [6, 6.07) is 34.4. The minimum atomic E-state index is -2.27. The Morgan fingerprint density at radius 1 is 0.714 bits per heavy atom. The first-order chi connectivity index (χ1) is 18.2. The van der Waals surface area contributed by atoms with Gasteiger partial charge >= 0.3 is 0 Å². The number of furan rings is 1. The van der Waals surface area contributed by atoms with Crippen LogP contribution < -0.4 is 0 Å². The molecule has 0 saturated carbocycles. The first-order valence-corrected chi connectivity index (χ1v) is 11.8. The third kappa shape index (κ3) is 3.63. The first kappa shape index (κ1) is 18.2. The predicted molar refractivity (Wildman–Crippen MR) is 146 cm³/mol. The second-order valence-corrected chi connectivity index (χ2v) is 9.47. The van der Waals surface area contributed by atoms with Gasteiger partial charge in [0.15, 0.2) is 0 Å². The summed E-state index contributed by atoms with van der Waals surface area (Å²) in [5.41, 5.74) is 7.06. The quantitative estimate of drug-likeness (QED) is 0.265. The van der Waals surface area contributed by atoms with Crippen LogP contribution in [0, 0.1) is 6.85 Å². The summed E-state index contributed by atoms with van der Waals surface area (Å²) in [6.07, 6.45) is 1.48. The van der Waals surface area contributed by atoms with E-state index in [9.17, 15) is 0 Å². The van der Waals surface area contributed by atoms with Gasteiger partial charge in [-0.2, -0.15) is 0 Å². The molecule has 0 aliphatic carbocycles. The highest BCUT2D eigenvalue weighted by Crippen LogP contribution is 2.39. The number of fused-ring (bicyclic) bond motifs is 3. The summed E-state index contributed by atoms with van der Waals surface area (Å²) < 4.78 is 30.6. The van der Waals surface area contributed by atoms with Gasteiger partial charge in [0.25, 0.3) is 0 Å². The van der Waals surface area contributed by atoms with Gasteiger partial charge in [-0.25, -0.2) is 0 Å². The summed E-state index contributed by atoms with van der Waals surface area (Å²) in [6.45, 7) is 2.20. The Hall–Kier alpha value is -4.17. The molecule has 35 heavy (non-hydrogen) atoms. The van der Waals surface area contributed by atoms with E-state index in [0.717, 1.165) is 33.1 Å². The number of nitrogens with zero attached hydrogens (tertiary/aromatic N) is 1. The lowest BCUT2D eigenvalue weighted by Crippen LogP contribution is -2.18. The number of aromatic nitrogens is 1. The van der Waals surface area contributed by atoms with Crippen molar-refractivity contribution in [3.05, 3.63) is 126 Å². The van der Waals surface area contributed by atoms with Crippen molar-refractivity contribution >= 4 is 21.9 Å². The lowest BCUT2D eigenvalue weighted by Gasteiger charge is -2.26. The normalized spacial score (nSPS) is 13.5. The van der Waals surface area contributed by atoms with Crippen LogP contribution in [0.5, 0.6) is 0 Å². The van der Waals surface area contributed by atoms with E-state index in [0.29, 0.717) is 11.3 Å². The molecule has 170 valence electrons. The molecule has 0 aliphatic rings. The molecule has 6 aromatic rings. The van der Waals surface area contributed by atoms with Gasteiger partial charge in [-0.1, -0.05) is 92.7 Å². The number of para-hydroxylation sites is 1. The van der Waals surface area contributed by atoms with E-state index in [1.165, 1.54) is 17.3 Å². The topological polar surface area (TPSA) is 26.0 Å². The maximum absolute atomic E-state index is 8.05. The second kappa shape index (κ2) is 8.25. The molecule has 2 heterocycles. The van der Waals surface area contributed by atoms with Gasteiger partial charge in [0, 0.05) is 32.1 Å². The van der Waals surface area contributed by atoms with Crippen LogP contribution in [0.2, 0.25) is 0 Å². The molecule has 0 saturated heterocycles. The Kier molecular flexibility index (Phi) is 4.29. The zero-order chi connectivity index (χ0) is 26.5. The van der Waals surface area contributed by atoms with Crippen molar-refractivity contribution in [3.63, 3.8) is 0 Å². The van der Waals surface area contributed by atoms with Gasteiger partial charge in [-0.05, 0) is 58.9 Å². The van der Waals surface area contributed by atoms with Crippen molar-refractivity contribution in [2.24, 2.45) is 0 Å². The van der Waals surface area contributed by atoms with Crippen molar-refractivity contribution in [1.82, 2.24) is 4.98 Å². The van der Waals surface area contributed by atoms with Crippen LogP contribution in [0.3, 0.4) is 0 Å². The molecular formula is C33H27NO. The molecule has 0 fully saturated rings. The van der Waals surface area contributed by atoms with Crippen LogP contribution in [-0.2, 0) is 5.41 Å². The molecule has 2 heteroatoms. The number of hydrogen-bond donors (Lipinski definition) is 0. The van der Waals surface area contributed by atoms with Gasteiger partial charge < -0.3 is 4.42 Å². The summed E-state index contributed by atoms with van der Waals surface area (Å²) >= 11 is 0. The van der Waals surface area contributed by atoms with E-state index in [1.54, 1.807) is 0 Å². The smallest absolute Gasteiger partial charge is 0.144 e. The highest BCUT2D eigenvalue weighted by Gasteiger charge is 2.24. The Bertz CT molecular complexity index is 1770. The van der Waals surface area contributed by atoms with E-state index in [2.05, 4.69) is 61.3 Å². The summed E-state index contributed by atoms with van der Waals surface area (Å²) in [5, 5.41) is 2.05. The van der Waals surface area contributed by atoms with Gasteiger partial charge in [0.1, 0.15) is 11.2 Å². The third-order valence-corrected chi connectivity index (χ3v) is 6.98. The van der Waals surface area contributed by atoms with Crippen LogP contribution in [0.25, 0.3) is 44.3 Å². The van der Waals surface area contributed by atoms with Gasteiger partial charge in [-0.3, -0.25) is 4.98 Å². The molecule has 2 aromatic heterocycles. The molecule has 0 amide bonds. The highest BCUT2D eigenvalue weighted by molar-refractivity contribution is 6.09. The Balaban J connectivity index is 1.52. The number of benzene rings is 4. The molecule has 0 radical (unpaired) electrons. The van der Waals surface area contributed by atoms with Crippen LogP contribution in [0.1, 0.15) is 34.7 Å². The second-order valence-electron chi connectivity index (χ2n) is 9.47. The molecule has 0 unspecified atom stereocenters. The number of hydrogen-bond acceptors (Lipinski definition) is 2. The van der Waals surface area contributed by atoms with E-state index in [4.69, 9.17) is 8.53 Å². The third-order valence-electron chi connectivity index (χ3n) is 6.98. The van der Waals surface area contributed by atoms with Crippen LogP contribution >= 0.6 is 0 Å². The van der Waals surface area contributed by atoms with Gasteiger partial charge in [0.05, 0.1) is 5.69 Å². The van der Waals surface area contributed by atoms with E-state index in [1.807, 2.05) is 60.7 Å².